The van der Waals surface area contributed by atoms with Crippen LogP contribution in [0.2, 0.25) is 10.0 Å². The summed E-state index contributed by atoms with van der Waals surface area (Å²) in [6, 6.07) is 8.21. The average molecular weight is 356 g/mol. The Balaban J connectivity index is 2.07. The smallest absolute Gasteiger partial charge is 0.316 e. The molecule has 2 aromatic rings. The van der Waals surface area contributed by atoms with E-state index >= 15 is 0 Å². The van der Waals surface area contributed by atoms with Crippen molar-refractivity contribution in [1.29, 1.82) is 0 Å². The number of hydrogen-bond acceptors (Lipinski definition) is 2. The summed E-state index contributed by atoms with van der Waals surface area (Å²) < 4.78 is 13.4. The lowest BCUT2D eigenvalue weighted by molar-refractivity contribution is 0.0950. The van der Waals surface area contributed by atoms with Gasteiger partial charge in [0.2, 0.25) is 0 Å². The summed E-state index contributed by atoms with van der Waals surface area (Å²) in [5.41, 5.74) is 6.24. The van der Waals surface area contributed by atoms with Crippen LogP contribution in [0, 0.1) is 5.82 Å². The zero-order valence-corrected chi connectivity index (χ0v) is 13.2. The molecule has 0 spiro atoms. The van der Waals surface area contributed by atoms with Gasteiger partial charge in [-0.3, -0.25) is 4.79 Å². The minimum absolute atomic E-state index is 0.0139. The number of nitrogens with two attached hydrogens (primary N) is 1. The van der Waals surface area contributed by atoms with Crippen LogP contribution in [-0.4, -0.2) is 11.9 Å². The average Bonchev–Trinajstić information content (AvgIpc) is 2.48. The molecule has 2 aromatic carbocycles. The molecule has 120 valence electrons. The highest BCUT2D eigenvalue weighted by Crippen LogP contribution is 2.24. The molecular formula is C15H12Cl2FN3O2. The van der Waals surface area contributed by atoms with Crippen LogP contribution in [0.5, 0.6) is 0 Å². The number of nitrogens with one attached hydrogen (secondary N) is 2. The Kier molecular flexibility index (Phi) is 5.41. The molecule has 4 N–H and O–H groups in total. The summed E-state index contributed by atoms with van der Waals surface area (Å²) in [5.74, 6) is -1.27. The van der Waals surface area contributed by atoms with Crippen molar-refractivity contribution in [2.24, 2.45) is 5.73 Å². The van der Waals surface area contributed by atoms with E-state index in [9.17, 15) is 14.0 Å². The van der Waals surface area contributed by atoms with E-state index in [4.69, 9.17) is 28.9 Å². The van der Waals surface area contributed by atoms with Crippen LogP contribution < -0.4 is 16.4 Å². The van der Waals surface area contributed by atoms with Crippen molar-refractivity contribution in [3.63, 3.8) is 0 Å². The highest BCUT2D eigenvalue weighted by atomic mass is 35.5. The first-order valence-electron chi connectivity index (χ1n) is 6.45. The molecule has 5 nitrogen and oxygen atoms in total. The molecule has 0 bridgehead atoms. The highest BCUT2D eigenvalue weighted by Gasteiger charge is 2.14. The van der Waals surface area contributed by atoms with Gasteiger partial charge in [0.25, 0.3) is 5.91 Å². The Morgan fingerprint density at radius 1 is 1.13 bits per heavy atom. The van der Waals surface area contributed by atoms with Crippen LogP contribution in [0.1, 0.15) is 15.9 Å². The number of anilines is 1. The van der Waals surface area contributed by atoms with Gasteiger partial charge < -0.3 is 16.4 Å². The van der Waals surface area contributed by atoms with Crippen LogP contribution in [0.25, 0.3) is 0 Å². The van der Waals surface area contributed by atoms with E-state index < -0.39 is 17.8 Å². The Bertz CT molecular complexity index is 768. The summed E-state index contributed by atoms with van der Waals surface area (Å²) in [4.78, 5) is 22.9. The molecule has 0 heterocycles. The van der Waals surface area contributed by atoms with Crippen LogP contribution in [0.4, 0.5) is 14.9 Å². The summed E-state index contributed by atoms with van der Waals surface area (Å²) in [7, 11) is 0. The number of hydrogen-bond donors (Lipinski definition) is 3. The van der Waals surface area contributed by atoms with Gasteiger partial charge in [0, 0.05) is 12.2 Å². The Morgan fingerprint density at radius 2 is 1.87 bits per heavy atom. The maximum atomic E-state index is 13.4. The molecule has 0 saturated carbocycles. The van der Waals surface area contributed by atoms with Gasteiger partial charge in [0.15, 0.2) is 0 Å². The molecule has 8 heteroatoms. The second-order valence-electron chi connectivity index (χ2n) is 4.62. The van der Waals surface area contributed by atoms with E-state index in [2.05, 4.69) is 10.6 Å². The van der Waals surface area contributed by atoms with E-state index in [-0.39, 0.29) is 22.2 Å². The fraction of sp³-hybridized carbons (Fsp3) is 0.0667. The van der Waals surface area contributed by atoms with Crippen LogP contribution >= 0.6 is 23.2 Å². The Labute approximate surface area is 141 Å². The molecule has 0 fully saturated rings. The summed E-state index contributed by atoms with van der Waals surface area (Å²) in [5, 5.41) is 4.93. The molecule has 0 aromatic heterocycles. The van der Waals surface area contributed by atoms with Crippen LogP contribution in [0.15, 0.2) is 36.4 Å². The van der Waals surface area contributed by atoms with Gasteiger partial charge in [-0.15, -0.1) is 0 Å². The molecule has 0 aliphatic carbocycles. The lowest BCUT2D eigenvalue weighted by Gasteiger charge is -2.09. The van der Waals surface area contributed by atoms with Crippen molar-refractivity contribution >= 4 is 40.8 Å². The zero-order chi connectivity index (χ0) is 17.0. The molecule has 0 saturated heterocycles. The van der Waals surface area contributed by atoms with Crippen molar-refractivity contribution in [1.82, 2.24) is 5.32 Å². The number of halogens is 3. The van der Waals surface area contributed by atoms with Crippen molar-refractivity contribution < 1.29 is 14.0 Å². The molecule has 0 aliphatic rings. The number of carbonyl (C=O) groups is 2. The maximum Gasteiger partial charge on any atom is 0.316 e. The molecule has 23 heavy (non-hydrogen) atoms. The van der Waals surface area contributed by atoms with E-state index in [1.807, 2.05) is 0 Å². The van der Waals surface area contributed by atoms with Gasteiger partial charge in [-0.2, -0.15) is 0 Å². The summed E-state index contributed by atoms with van der Waals surface area (Å²) >= 11 is 11.5. The van der Waals surface area contributed by atoms with Crippen LogP contribution in [-0.2, 0) is 6.54 Å². The third-order valence-corrected chi connectivity index (χ3v) is 3.50. The van der Waals surface area contributed by atoms with Gasteiger partial charge in [0.1, 0.15) is 5.82 Å². The Morgan fingerprint density at radius 3 is 2.57 bits per heavy atom. The van der Waals surface area contributed by atoms with Crippen molar-refractivity contribution in [2.45, 2.75) is 6.54 Å². The van der Waals surface area contributed by atoms with Gasteiger partial charge in [-0.1, -0.05) is 35.3 Å². The van der Waals surface area contributed by atoms with E-state index in [0.717, 1.165) is 11.6 Å². The lowest BCUT2D eigenvalue weighted by Crippen LogP contribution is -2.23. The molecule has 0 radical (unpaired) electrons. The third kappa shape index (κ3) is 4.58. The van der Waals surface area contributed by atoms with Gasteiger partial charge in [-0.25, -0.2) is 9.18 Å². The monoisotopic (exact) mass is 355 g/mol. The number of amides is 3. The topological polar surface area (TPSA) is 84.2 Å². The number of benzene rings is 2. The van der Waals surface area contributed by atoms with Crippen LogP contribution in [0.3, 0.4) is 0 Å². The fourth-order valence-corrected chi connectivity index (χ4v) is 2.34. The normalized spacial score (nSPS) is 10.2. The molecule has 0 aliphatic heterocycles. The van der Waals surface area contributed by atoms with Gasteiger partial charge in [0.05, 0.1) is 15.6 Å². The fourth-order valence-electron chi connectivity index (χ4n) is 1.88. The zero-order valence-electron chi connectivity index (χ0n) is 11.7. The van der Waals surface area contributed by atoms with Gasteiger partial charge >= 0.3 is 6.03 Å². The minimum Gasteiger partial charge on any atom is -0.351 e. The molecule has 0 unspecified atom stereocenters. The number of primary amides is 1. The first-order chi connectivity index (χ1) is 10.9. The minimum atomic E-state index is -0.728. The van der Waals surface area contributed by atoms with E-state index in [1.54, 1.807) is 24.3 Å². The van der Waals surface area contributed by atoms with Crippen molar-refractivity contribution in [3.05, 3.63) is 63.4 Å². The molecule has 0 atom stereocenters. The van der Waals surface area contributed by atoms with Crippen molar-refractivity contribution in [3.8, 4) is 0 Å². The Hall–Kier alpha value is -2.31. The largest absolute Gasteiger partial charge is 0.351 e. The predicted octanol–water partition coefficient (Wildman–Crippen LogP) is 3.55. The maximum absolute atomic E-state index is 13.4. The standard InChI is InChI=1S/C15H12Cl2FN3O2/c16-11-6-12(17)13(18)5-10(11)14(22)20-7-8-2-1-3-9(4-8)21-15(19)23/h1-6H,7H2,(H,20,22)(H3,19,21,23). The number of carbonyl (C=O) groups excluding carboxylic acids is 2. The van der Waals surface area contributed by atoms with Crippen molar-refractivity contribution in [2.75, 3.05) is 5.32 Å². The molecule has 2 rings (SSSR count). The second kappa shape index (κ2) is 7.30. The highest BCUT2D eigenvalue weighted by molar-refractivity contribution is 6.36. The molecule has 3 amide bonds. The first-order valence-corrected chi connectivity index (χ1v) is 7.20. The van der Waals surface area contributed by atoms with E-state index in [0.29, 0.717) is 5.69 Å². The quantitative estimate of drug-likeness (QED) is 0.732. The second-order valence-corrected chi connectivity index (χ2v) is 5.43. The third-order valence-electron chi connectivity index (χ3n) is 2.90. The lowest BCUT2D eigenvalue weighted by atomic mass is 10.1. The summed E-state index contributed by atoms with van der Waals surface area (Å²) in [6.45, 7) is 0.160. The van der Waals surface area contributed by atoms with E-state index in [1.165, 1.54) is 6.07 Å². The first kappa shape index (κ1) is 17.1. The SMILES string of the molecule is NC(=O)Nc1cccc(CNC(=O)c2cc(F)c(Cl)cc2Cl)c1. The molecular weight excluding hydrogens is 344 g/mol. The number of urea groups is 1. The van der Waals surface area contributed by atoms with Gasteiger partial charge in [-0.05, 0) is 29.8 Å². The number of rotatable bonds is 4. The summed E-state index contributed by atoms with van der Waals surface area (Å²) in [6.07, 6.45) is 0. The predicted molar refractivity (Wildman–Crippen MR) is 87.2 cm³/mol.